The van der Waals surface area contributed by atoms with E-state index in [-0.39, 0.29) is 4.32 Å². The first kappa shape index (κ1) is 26.5. The summed E-state index contributed by atoms with van der Waals surface area (Å²) in [6.45, 7) is 0.317. The average molecular weight is 624 g/mol. The van der Waals surface area contributed by atoms with Crippen LogP contribution >= 0.6 is 63.1 Å². The maximum absolute atomic E-state index is 13.0. The quantitative estimate of drug-likeness (QED) is 0.228. The number of carbonyl (C=O) groups excluding carboxylic acids is 2. The number of benzene rings is 3. The molecule has 0 bridgehead atoms. The van der Waals surface area contributed by atoms with Gasteiger partial charge in [0, 0.05) is 15.6 Å². The molecule has 184 valence electrons. The van der Waals surface area contributed by atoms with E-state index in [0.29, 0.717) is 48.7 Å². The molecule has 0 unspecified atom stereocenters. The highest BCUT2D eigenvalue weighted by Gasteiger charge is 2.34. The van der Waals surface area contributed by atoms with Gasteiger partial charge in [0.15, 0.2) is 15.8 Å². The van der Waals surface area contributed by atoms with Gasteiger partial charge in [0.2, 0.25) is 0 Å². The number of halogens is 3. The van der Waals surface area contributed by atoms with Crippen molar-refractivity contribution in [3.05, 3.63) is 96.8 Å². The van der Waals surface area contributed by atoms with Gasteiger partial charge in [-0.1, -0.05) is 47.1 Å². The number of ether oxygens (including phenoxy) is 2. The summed E-state index contributed by atoms with van der Waals surface area (Å²) >= 11 is 21.7. The Hall–Kier alpha value is -2.56. The summed E-state index contributed by atoms with van der Waals surface area (Å²) in [7, 11) is 1.53. The molecule has 0 spiro atoms. The lowest BCUT2D eigenvalue weighted by Gasteiger charge is -2.15. The topological polar surface area (TPSA) is 67.9 Å². The monoisotopic (exact) mass is 622 g/mol. The van der Waals surface area contributed by atoms with Crippen molar-refractivity contribution in [1.29, 1.82) is 0 Å². The normalized spacial score (nSPS) is 14.3. The number of nitrogens with one attached hydrogen (secondary N) is 1. The van der Waals surface area contributed by atoms with E-state index in [1.54, 1.807) is 54.6 Å². The van der Waals surface area contributed by atoms with Gasteiger partial charge in [-0.05, 0) is 93.9 Å². The van der Waals surface area contributed by atoms with Crippen molar-refractivity contribution in [1.82, 2.24) is 10.4 Å². The summed E-state index contributed by atoms with van der Waals surface area (Å²) < 4.78 is 12.3. The molecule has 3 aromatic carbocycles. The average Bonchev–Trinajstić information content (AvgIpc) is 3.11. The zero-order chi connectivity index (χ0) is 25.8. The second-order valence-electron chi connectivity index (χ2n) is 7.41. The first-order chi connectivity index (χ1) is 17.2. The van der Waals surface area contributed by atoms with Gasteiger partial charge in [0.25, 0.3) is 11.8 Å². The van der Waals surface area contributed by atoms with Gasteiger partial charge in [0.05, 0.1) is 16.5 Å². The third-order valence-corrected chi connectivity index (χ3v) is 7.35. The molecule has 0 atom stereocenters. The fraction of sp³-hybridized carbons (Fsp3) is 0.0800. The van der Waals surface area contributed by atoms with E-state index in [9.17, 15) is 9.59 Å². The molecular formula is C25H17BrCl2N2O4S2. The Labute approximate surface area is 235 Å². The zero-order valence-electron chi connectivity index (χ0n) is 18.6. The van der Waals surface area contributed by atoms with E-state index in [2.05, 4.69) is 21.4 Å². The number of rotatable bonds is 7. The minimum absolute atomic E-state index is 0.211. The fourth-order valence-electron chi connectivity index (χ4n) is 3.18. The van der Waals surface area contributed by atoms with Crippen molar-refractivity contribution >= 4 is 85.3 Å². The highest BCUT2D eigenvalue weighted by Crippen LogP contribution is 2.39. The third-order valence-electron chi connectivity index (χ3n) is 4.96. The molecule has 1 saturated heterocycles. The van der Waals surface area contributed by atoms with Gasteiger partial charge in [-0.25, -0.2) is 0 Å². The largest absolute Gasteiger partial charge is 0.493 e. The van der Waals surface area contributed by atoms with Crippen LogP contribution in [0.5, 0.6) is 11.5 Å². The Kier molecular flexibility index (Phi) is 8.58. The van der Waals surface area contributed by atoms with Gasteiger partial charge in [-0.15, -0.1) is 0 Å². The van der Waals surface area contributed by atoms with E-state index in [4.69, 9.17) is 44.9 Å². The second kappa shape index (κ2) is 11.7. The van der Waals surface area contributed by atoms with Crippen LogP contribution in [0.1, 0.15) is 21.5 Å². The van der Waals surface area contributed by atoms with Crippen molar-refractivity contribution in [2.24, 2.45) is 0 Å². The molecule has 2 amide bonds. The standard InChI is InChI=1S/C25H17BrCl2N2O4S2/c1-33-20-11-15(10-19(26)22(20)34-13-14-2-6-17(27)7-3-14)12-21-24(32)30(25(35)36-21)29-23(31)16-4-8-18(28)9-5-16/h2-12H,13H2,1H3,(H,29,31)/b21-12-. The maximum atomic E-state index is 13.0. The summed E-state index contributed by atoms with van der Waals surface area (Å²) in [4.78, 5) is 25.8. The smallest absolute Gasteiger partial charge is 0.285 e. The lowest BCUT2D eigenvalue weighted by atomic mass is 10.1. The van der Waals surface area contributed by atoms with Crippen LogP contribution in [0.2, 0.25) is 10.0 Å². The minimum atomic E-state index is -0.476. The first-order valence-electron chi connectivity index (χ1n) is 10.3. The molecule has 11 heteroatoms. The number of amides is 2. The zero-order valence-corrected chi connectivity index (χ0v) is 23.3. The SMILES string of the molecule is COc1cc(/C=C2\SC(=S)N(NC(=O)c3ccc(Cl)cc3)C2=O)cc(Br)c1OCc1ccc(Cl)cc1. The van der Waals surface area contributed by atoms with Crippen LogP contribution in [0.25, 0.3) is 6.08 Å². The van der Waals surface area contributed by atoms with Crippen molar-refractivity contribution in [2.45, 2.75) is 6.61 Å². The molecule has 1 aliphatic rings. The van der Waals surface area contributed by atoms with Gasteiger partial charge in [-0.3, -0.25) is 15.0 Å². The molecular weight excluding hydrogens is 607 g/mol. The molecule has 1 heterocycles. The number of thiocarbonyl (C=S) groups is 1. The predicted octanol–water partition coefficient (Wildman–Crippen LogP) is 6.89. The number of hydrazine groups is 1. The van der Waals surface area contributed by atoms with Crippen LogP contribution in [-0.2, 0) is 11.4 Å². The molecule has 0 aromatic heterocycles. The Morgan fingerprint density at radius 3 is 2.39 bits per heavy atom. The summed E-state index contributed by atoms with van der Waals surface area (Å²) in [5, 5.41) is 2.21. The second-order valence-corrected chi connectivity index (χ2v) is 10.8. The molecule has 0 radical (unpaired) electrons. The van der Waals surface area contributed by atoms with Gasteiger partial charge < -0.3 is 9.47 Å². The first-order valence-corrected chi connectivity index (χ1v) is 13.1. The number of carbonyl (C=O) groups is 2. The maximum Gasteiger partial charge on any atom is 0.285 e. The number of hydrogen-bond acceptors (Lipinski definition) is 6. The van der Waals surface area contributed by atoms with Crippen LogP contribution in [0.4, 0.5) is 0 Å². The Balaban J connectivity index is 1.50. The van der Waals surface area contributed by atoms with E-state index in [1.165, 1.54) is 7.11 Å². The van der Waals surface area contributed by atoms with E-state index in [0.717, 1.165) is 22.3 Å². The molecule has 3 aromatic rings. The highest BCUT2D eigenvalue weighted by molar-refractivity contribution is 9.10. The third kappa shape index (κ3) is 6.22. The Morgan fingerprint density at radius 1 is 1.11 bits per heavy atom. The van der Waals surface area contributed by atoms with Crippen LogP contribution < -0.4 is 14.9 Å². The molecule has 6 nitrogen and oxygen atoms in total. The van der Waals surface area contributed by atoms with Gasteiger partial charge in [0.1, 0.15) is 6.61 Å². The molecule has 36 heavy (non-hydrogen) atoms. The van der Waals surface area contributed by atoms with Crippen LogP contribution in [-0.4, -0.2) is 28.3 Å². The molecule has 0 aliphatic carbocycles. The van der Waals surface area contributed by atoms with Crippen LogP contribution in [0.3, 0.4) is 0 Å². The predicted molar refractivity (Wildman–Crippen MR) is 150 cm³/mol. The molecule has 0 saturated carbocycles. The lowest BCUT2D eigenvalue weighted by molar-refractivity contribution is -0.123. The molecule has 1 N–H and O–H groups in total. The number of nitrogens with zero attached hydrogens (tertiary/aromatic N) is 1. The van der Waals surface area contributed by atoms with Gasteiger partial charge in [-0.2, -0.15) is 5.01 Å². The van der Waals surface area contributed by atoms with E-state index >= 15 is 0 Å². The minimum Gasteiger partial charge on any atom is -0.493 e. The number of hydrogen-bond donors (Lipinski definition) is 1. The van der Waals surface area contributed by atoms with Crippen molar-refractivity contribution in [3.63, 3.8) is 0 Å². The summed E-state index contributed by atoms with van der Waals surface area (Å²) in [6.07, 6.45) is 1.67. The van der Waals surface area contributed by atoms with Crippen LogP contribution in [0.15, 0.2) is 70.0 Å². The Morgan fingerprint density at radius 2 is 1.75 bits per heavy atom. The highest BCUT2D eigenvalue weighted by atomic mass is 79.9. The summed E-state index contributed by atoms with van der Waals surface area (Å²) in [5.41, 5.74) is 4.52. The van der Waals surface area contributed by atoms with E-state index < -0.39 is 11.8 Å². The fourth-order valence-corrected chi connectivity index (χ4v) is 5.19. The van der Waals surface area contributed by atoms with Crippen molar-refractivity contribution < 1.29 is 19.1 Å². The number of methoxy groups -OCH3 is 1. The van der Waals surface area contributed by atoms with Crippen LogP contribution in [0, 0.1) is 0 Å². The summed E-state index contributed by atoms with van der Waals surface area (Å²) in [6, 6.07) is 17.2. The van der Waals surface area contributed by atoms with Crippen molar-refractivity contribution in [2.75, 3.05) is 7.11 Å². The number of thioether (sulfide) groups is 1. The lowest BCUT2D eigenvalue weighted by Crippen LogP contribution is -2.44. The molecule has 1 fully saturated rings. The Bertz CT molecular complexity index is 1370. The molecule has 1 aliphatic heterocycles. The summed E-state index contributed by atoms with van der Waals surface area (Å²) in [5.74, 6) is 0.0878. The molecule has 4 rings (SSSR count). The van der Waals surface area contributed by atoms with Gasteiger partial charge >= 0.3 is 0 Å². The van der Waals surface area contributed by atoms with Crippen molar-refractivity contribution in [3.8, 4) is 11.5 Å². The van der Waals surface area contributed by atoms with E-state index in [1.807, 2.05) is 12.1 Å².